The monoisotopic (exact) mass is 176 g/mol. The molecule has 0 heterocycles. The van der Waals surface area contributed by atoms with Crippen molar-refractivity contribution in [2.75, 3.05) is 26.2 Å². The summed E-state index contributed by atoms with van der Waals surface area (Å²) < 4.78 is 0. The van der Waals surface area contributed by atoms with Crippen molar-refractivity contribution in [2.45, 2.75) is 13.3 Å². The van der Waals surface area contributed by atoms with E-state index in [0.717, 1.165) is 19.5 Å². The molecule has 0 fully saturated rings. The molecule has 4 heteroatoms. The normalized spacial score (nSPS) is 10.5. The van der Waals surface area contributed by atoms with Crippen molar-refractivity contribution in [1.29, 1.82) is 0 Å². The van der Waals surface area contributed by atoms with E-state index in [1.165, 1.54) is 0 Å². The molecule has 0 saturated carbocycles. The quantitative estimate of drug-likeness (QED) is 0.558. The van der Waals surface area contributed by atoms with Crippen molar-refractivity contribution < 1.29 is 5.11 Å². The highest BCUT2D eigenvalue weighted by Gasteiger charge is 2.01. The smallest absolute Gasteiger partial charge is 0.0870 e. The van der Waals surface area contributed by atoms with Crippen LogP contribution < -0.4 is 5.73 Å². The fourth-order valence-corrected chi connectivity index (χ4v) is 1.05. The Morgan fingerprint density at radius 2 is 2.27 bits per heavy atom. The highest BCUT2D eigenvalue weighted by molar-refractivity contribution is 7.80. The number of hydrogen-bond acceptors (Lipinski definition) is 3. The van der Waals surface area contributed by atoms with Gasteiger partial charge in [-0.2, -0.15) is 0 Å². The van der Waals surface area contributed by atoms with Crippen molar-refractivity contribution in [3.8, 4) is 0 Å². The average molecular weight is 176 g/mol. The second-order valence-corrected chi connectivity index (χ2v) is 2.94. The fraction of sp³-hybridized carbons (Fsp3) is 0.857. The Bertz CT molecular complexity index is 119. The van der Waals surface area contributed by atoms with Crippen LogP contribution in [0.4, 0.5) is 0 Å². The maximum Gasteiger partial charge on any atom is 0.0870 e. The predicted molar refractivity (Wildman–Crippen MR) is 50.6 cm³/mol. The van der Waals surface area contributed by atoms with Gasteiger partial charge in [0.1, 0.15) is 0 Å². The molecule has 0 bridgehead atoms. The van der Waals surface area contributed by atoms with Crippen molar-refractivity contribution in [3.05, 3.63) is 0 Å². The number of thiocarbonyl (C=S) groups is 1. The molecule has 3 nitrogen and oxygen atoms in total. The lowest BCUT2D eigenvalue weighted by atomic mass is 10.4. The van der Waals surface area contributed by atoms with Crippen LogP contribution in [0.2, 0.25) is 0 Å². The van der Waals surface area contributed by atoms with E-state index < -0.39 is 0 Å². The lowest BCUT2D eigenvalue weighted by molar-refractivity contribution is 0.245. The van der Waals surface area contributed by atoms with Gasteiger partial charge in [0.2, 0.25) is 0 Å². The molecule has 0 aliphatic rings. The summed E-state index contributed by atoms with van der Waals surface area (Å²) in [5.41, 5.74) is 5.37. The minimum Gasteiger partial charge on any atom is -0.396 e. The Balaban J connectivity index is 3.49. The van der Waals surface area contributed by atoms with E-state index in [9.17, 15) is 0 Å². The van der Waals surface area contributed by atoms with Gasteiger partial charge in [0.05, 0.1) is 4.99 Å². The molecule has 0 saturated heterocycles. The zero-order valence-electron chi connectivity index (χ0n) is 6.92. The summed E-state index contributed by atoms with van der Waals surface area (Å²) in [6.45, 7) is 4.73. The molecule has 3 N–H and O–H groups in total. The summed E-state index contributed by atoms with van der Waals surface area (Å²) in [4.78, 5) is 2.63. The molecule has 0 amide bonds. The summed E-state index contributed by atoms with van der Waals surface area (Å²) in [5, 5.41) is 8.55. The largest absolute Gasteiger partial charge is 0.396 e. The van der Waals surface area contributed by atoms with E-state index in [2.05, 4.69) is 11.8 Å². The third-order valence-corrected chi connectivity index (χ3v) is 1.59. The number of nitrogens with zero attached hydrogens (tertiary/aromatic N) is 1. The summed E-state index contributed by atoms with van der Waals surface area (Å²) >= 11 is 4.76. The molecule has 0 aliphatic carbocycles. The average Bonchev–Trinajstić information content (AvgIpc) is 1.97. The minimum atomic E-state index is 0.230. The molecule has 0 radical (unpaired) electrons. The van der Waals surface area contributed by atoms with Gasteiger partial charge in [-0.3, -0.25) is 4.90 Å². The zero-order valence-corrected chi connectivity index (χ0v) is 7.73. The number of rotatable bonds is 6. The van der Waals surface area contributed by atoms with E-state index in [0.29, 0.717) is 11.5 Å². The van der Waals surface area contributed by atoms with Crippen molar-refractivity contribution in [2.24, 2.45) is 5.73 Å². The van der Waals surface area contributed by atoms with Crippen LogP contribution in [-0.4, -0.2) is 41.2 Å². The molecule has 11 heavy (non-hydrogen) atoms. The van der Waals surface area contributed by atoms with Crippen LogP contribution in [0.1, 0.15) is 13.3 Å². The van der Waals surface area contributed by atoms with E-state index in [-0.39, 0.29) is 6.61 Å². The van der Waals surface area contributed by atoms with Crippen LogP contribution in [0.3, 0.4) is 0 Å². The van der Waals surface area contributed by atoms with E-state index >= 15 is 0 Å². The number of hydrogen-bond donors (Lipinski definition) is 2. The molecule has 0 spiro atoms. The molecule has 0 unspecified atom stereocenters. The van der Waals surface area contributed by atoms with Gasteiger partial charge in [-0.15, -0.1) is 0 Å². The zero-order chi connectivity index (χ0) is 8.69. The Morgan fingerprint density at radius 1 is 1.64 bits per heavy atom. The van der Waals surface area contributed by atoms with Gasteiger partial charge < -0.3 is 10.8 Å². The highest BCUT2D eigenvalue weighted by atomic mass is 32.1. The van der Waals surface area contributed by atoms with E-state index in [1.807, 2.05) is 0 Å². The molecule has 0 aliphatic heterocycles. The van der Waals surface area contributed by atoms with Crippen molar-refractivity contribution in [1.82, 2.24) is 4.90 Å². The van der Waals surface area contributed by atoms with Gasteiger partial charge in [-0.05, 0) is 13.0 Å². The topological polar surface area (TPSA) is 49.5 Å². The van der Waals surface area contributed by atoms with Crippen molar-refractivity contribution >= 4 is 17.2 Å². The van der Waals surface area contributed by atoms with Gasteiger partial charge in [0.15, 0.2) is 0 Å². The third kappa shape index (κ3) is 6.22. The summed E-state index contributed by atoms with van der Waals surface area (Å²) in [6.07, 6.45) is 0.788. The van der Waals surface area contributed by atoms with Crippen LogP contribution in [0, 0.1) is 0 Å². The molecule has 0 atom stereocenters. The van der Waals surface area contributed by atoms with Gasteiger partial charge >= 0.3 is 0 Å². The van der Waals surface area contributed by atoms with Crippen LogP contribution in [0.5, 0.6) is 0 Å². The number of aliphatic hydroxyl groups excluding tert-OH is 1. The van der Waals surface area contributed by atoms with Gasteiger partial charge in [-0.1, -0.05) is 19.1 Å². The number of likely N-dealkylation sites (N-methyl/N-ethyl adjacent to an activating group) is 1. The Labute approximate surface area is 73.2 Å². The lowest BCUT2D eigenvalue weighted by Gasteiger charge is -2.18. The first kappa shape index (κ1) is 10.8. The minimum absolute atomic E-state index is 0.230. The van der Waals surface area contributed by atoms with Gasteiger partial charge in [0, 0.05) is 19.7 Å². The van der Waals surface area contributed by atoms with Crippen LogP contribution in [0.25, 0.3) is 0 Å². The highest BCUT2D eigenvalue weighted by Crippen LogP contribution is 1.89. The first-order valence-corrected chi connectivity index (χ1v) is 4.23. The Hall–Kier alpha value is -0.190. The molecule has 0 aromatic carbocycles. The van der Waals surface area contributed by atoms with Gasteiger partial charge in [-0.25, -0.2) is 0 Å². The van der Waals surface area contributed by atoms with Gasteiger partial charge in [0.25, 0.3) is 0 Å². The first-order valence-electron chi connectivity index (χ1n) is 3.82. The molecule has 0 aromatic rings. The third-order valence-electron chi connectivity index (χ3n) is 1.46. The maximum atomic E-state index is 8.55. The molecule has 0 aromatic heterocycles. The molecular formula is C7H16N2OS. The number of aliphatic hydroxyl groups is 1. The second-order valence-electron chi connectivity index (χ2n) is 2.41. The van der Waals surface area contributed by atoms with E-state index in [1.54, 1.807) is 0 Å². The molecular weight excluding hydrogens is 160 g/mol. The standard InChI is InChI=1S/C7H16N2OS/c1-2-9(4-3-5-10)6-7(8)11/h10H,2-6H2,1H3,(H2,8,11). The molecule has 0 rings (SSSR count). The van der Waals surface area contributed by atoms with Crippen LogP contribution in [-0.2, 0) is 0 Å². The van der Waals surface area contributed by atoms with Crippen molar-refractivity contribution in [3.63, 3.8) is 0 Å². The first-order chi connectivity index (χ1) is 5.20. The molecule has 66 valence electrons. The summed E-state index contributed by atoms with van der Waals surface area (Å²) in [6, 6.07) is 0. The fourth-order valence-electron chi connectivity index (χ4n) is 0.864. The maximum absolute atomic E-state index is 8.55. The van der Waals surface area contributed by atoms with Crippen LogP contribution in [0.15, 0.2) is 0 Å². The van der Waals surface area contributed by atoms with Crippen LogP contribution >= 0.6 is 12.2 Å². The number of nitrogens with two attached hydrogens (primary N) is 1. The lowest BCUT2D eigenvalue weighted by Crippen LogP contribution is -2.33. The second kappa shape index (κ2) is 6.52. The summed E-state index contributed by atoms with van der Waals surface area (Å²) in [7, 11) is 0. The van der Waals surface area contributed by atoms with E-state index in [4.69, 9.17) is 23.1 Å². The Kier molecular flexibility index (Phi) is 6.40. The SMILES string of the molecule is CCN(CCCO)CC(N)=S. The Morgan fingerprint density at radius 3 is 2.64 bits per heavy atom. The predicted octanol–water partition coefficient (Wildman–Crippen LogP) is -0.0232. The summed E-state index contributed by atoms with van der Waals surface area (Å²) in [5.74, 6) is 0.